The lowest BCUT2D eigenvalue weighted by Gasteiger charge is -2.34. The van der Waals surface area contributed by atoms with Crippen LogP contribution in [0, 0.1) is 17.2 Å². The van der Waals surface area contributed by atoms with Gasteiger partial charge in [0.2, 0.25) is 0 Å². The van der Waals surface area contributed by atoms with Crippen LogP contribution in [0.3, 0.4) is 0 Å². The van der Waals surface area contributed by atoms with Crippen molar-refractivity contribution in [2.45, 2.75) is 69.8 Å². The molecular formula is C27H30F6N2. The van der Waals surface area contributed by atoms with Crippen molar-refractivity contribution in [1.82, 2.24) is 4.90 Å². The van der Waals surface area contributed by atoms with Gasteiger partial charge in [-0.05, 0) is 81.7 Å². The lowest BCUT2D eigenvalue weighted by Crippen LogP contribution is -2.37. The molecule has 0 heterocycles. The van der Waals surface area contributed by atoms with Gasteiger partial charge in [-0.15, -0.1) is 0 Å². The summed E-state index contributed by atoms with van der Waals surface area (Å²) in [5, 5.41) is 10.1. The van der Waals surface area contributed by atoms with E-state index in [4.69, 9.17) is 0 Å². The number of hydrogen-bond donors (Lipinski definition) is 0. The maximum Gasteiger partial charge on any atom is 0.416 e. The number of alkyl halides is 6. The summed E-state index contributed by atoms with van der Waals surface area (Å²) in [4.78, 5) is 2.16. The van der Waals surface area contributed by atoms with Crippen LogP contribution in [0.1, 0.15) is 61.8 Å². The minimum Gasteiger partial charge on any atom is -0.301 e. The van der Waals surface area contributed by atoms with Gasteiger partial charge in [0, 0.05) is 12.6 Å². The van der Waals surface area contributed by atoms with Gasteiger partial charge in [0.1, 0.15) is 0 Å². The normalized spacial score (nSPS) is 16.4. The van der Waals surface area contributed by atoms with Crippen molar-refractivity contribution in [3.63, 3.8) is 0 Å². The maximum absolute atomic E-state index is 13.9. The fourth-order valence-corrected chi connectivity index (χ4v) is 4.92. The molecule has 0 aromatic heterocycles. The van der Waals surface area contributed by atoms with E-state index in [1.807, 2.05) is 50.2 Å². The quantitative estimate of drug-likeness (QED) is 0.316. The van der Waals surface area contributed by atoms with Crippen LogP contribution < -0.4 is 0 Å². The number of rotatable bonds is 10. The maximum atomic E-state index is 13.9. The Balaban J connectivity index is 1.89. The zero-order valence-electron chi connectivity index (χ0n) is 19.9. The van der Waals surface area contributed by atoms with E-state index in [0.717, 1.165) is 18.1 Å². The summed E-state index contributed by atoms with van der Waals surface area (Å²) in [6, 6.07) is 14.1. The molecule has 1 saturated carbocycles. The van der Waals surface area contributed by atoms with E-state index in [9.17, 15) is 31.6 Å². The van der Waals surface area contributed by atoms with Gasteiger partial charge in [-0.1, -0.05) is 36.4 Å². The summed E-state index contributed by atoms with van der Waals surface area (Å²) < 4.78 is 83.4. The molecule has 3 rings (SSSR count). The molecule has 1 aliphatic carbocycles. The van der Waals surface area contributed by atoms with Gasteiger partial charge in [-0.25, -0.2) is 0 Å². The molecule has 0 amide bonds. The summed E-state index contributed by atoms with van der Waals surface area (Å²) >= 11 is 0. The third-order valence-electron chi connectivity index (χ3n) is 6.87. The summed E-state index contributed by atoms with van der Waals surface area (Å²) in [7, 11) is 0. The second-order valence-corrected chi connectivity index (χ2v) is 9.55. The fraction of sp³-hybridized carbons (Fsp3) is 0.519. The van der Waals surface area contributed by atoms with E-state index in [0.29, 0.717) is 44.5 Å². The van der Waals surface area contributed by atoms with Crippen molar-refractivity contribution in [3.8, 4) is 6.07 Å². The number of hydrogen-bond acceptors (Lipinski definition) is 2. The third kappa shape index (κ3) is 6.38. The average Bonchev–Trinajstić information content (AvgIpc) is 3.64. The molecule has 2 nitrogen and oxygen atoms in total. The molecule has 190 valence electrons. The van der Waals surface area contributed by atoms with Gasteiger partial charge in [0.15, 0.2) is 0 Å². The van der Waals surface area contributed by atoms with Gasteiger partial charge in [0.25, 0.3) is 0 Å². The Morgan fingerprint density at radius 2 is 1.46 bits per heavy atom. The highest BCUT2D eigenvalue weighted by atomic mass is 19.4. The van der Waals surface area contributed by atoms with Crippen LogP contribution in [0.25, 0.3) is 0 Å². The SMILES string of the molecule is CC(C)N(CCCC(C#N)(c1c(C(F)(F)F)cccc1C(F)(F)F)C1CC1)CCc1ccccc1. The molecule has 0 saturated heterocycles. The first-order valence-electron chi connectivity index (χ1n) is 11.9. The van der Waals surface area contributed by atoms with Gasteiger partial charge >= 0.3 is 12.4 Å². The van der Waals surface area contributed by atoms with Gasteiger partial charge in [-0.2, -0.15) is 31.6 Å². The van der Waals surface area contributed by atoms with Crippen LogP contribution in [-0.4, -0.2) is 24.0 Å². The van der Waals surface area contributed by atoms with Crippen molar-refractivity contribution in [2.24, 2.45) is 5.92 Å². The van der Waals surface area contributed by atoms with Crippen molar-refractivity contribution < 1.29 is 26.3 Å². The first-order valence-corrected chi connectivity index (χ1v) is 11.9. The first-order chi connectivity index (χ1) is 16.4. The number of benzene rings is 2. The molecule has 35 heavy (non-hydrogen) atoms. The molecule has 0 aliphatic heterocycles. The van der Waals surface area contributed by atoms with E-state index in [1.165, 1.54) is 0 Å². The minimum atomic E-state index is -4.99. The Kier molecular flexibility index (Phi) is 8.21. The van der Waals surface area contributed by atoms with E-state index in [2.05, 4.69) is 4.90 Å². The molecule has 0 spiro atoms. The second-order valence-electron chi connectivity index (χ2n) is 9.55. The highest BCUT2D eigenvalue weighted by Crippen LogP contribution is 2.55. The lowest BCUT2D eigenvalue weighted by atomic mass is 9.70. The molecule has 1 atom stereocenters. The van der Waals surface area contributed by atoms with Crippen LogP contribution in [-0.2, 0) is 24.2 Å². The molecule has 0 N–H and O–H groups in total. The minimum absolute atomic E-state index is 0.0566. The first kappa shape index (κ1) is 27.1. The fourth-order valence-electron chi connectivity index (χ4n) is 4.92. The number of halogens is 6. The Morgan fingerprint density at radius 1 is 0.886 bits per heavy atom. The standard InChI is InChI=1S/C27H30F6N2/c1-19(2)35(17-14-20-8-4-3-5-9-20)16-7-15-25(18-34,21-12-13-21)24-22(26(28,29)30)10-6-11-23(24)27(31,32)33/h3-6,8-11,19,21H,7,12-17H2,1-2H3. The highest BCUT2D eigenvalue weighted by molar-refractivity contribution is 5.49. The monoisotopic (exact) mass is 496 g/mol. The highest BCUT2D eigenvalue weighted by Gasteiger charge is 2.54. The topological polar surface area (TPSA) is 27.0 Å². The second kappa shape index (κ2) is 10.6. The van der Waals surface area contributed by atoms with Gasteiger partial charge in [0.05, 0.1) is 22.6 Å². The van der Waals surface area contributed by atoms with Crippen LogP contribution in [0.4, 0.5) is 26.3 Å². The zero-order chi connectivity index (χ0) is 25.9. The van der Waals surface area contributed by atoms with Crippen molar-refractivity contribution in [3.05, 3.63) is 70.8 Å². The van der Waals surface area contributed by atoms with Crippen LogP contribution >= 0.6 is 0 Å². The molecular weight excluding hydrogens is 466 g/mol. The Hall–Kier alpha value is -2.53. The number of nitrogens with zero attached hydrogens (tertiary/aromatic N) is 2. The van der Waals surface area contributed by atoms with E-state index in [-0.39, 0.29) is 12.5 Å². The Bertz CT molecular complexity index is 986. The van der Waals surface area contributed by atoms with Gasteiger partial charge < -0.3 is 4.90 Å². The zero-order valence-corrected chi connectivity index (χ0v) is 19.9. The molecule has 1 aliphatic rings. The summed E-state index contributed by atoms with van der Waals surface area (Å²) in [5.41, 5.74) is -4.29. The van der Waals surface area contributed by atoms with Gasteiger partial charge in [-0.3, -0.25) is 0 Å². The molecule has 1 fully saturated rings. The van der Waals surface area contributed by atoms with Crippen LogP contribution in [0.15, 0.2) is 48.5 Å². The summed E-state index contributed by atoms with van der Waals surface area (Å²) in [6.07, 6.45) is -8.06. The van der Waals surface area contributed by atoms with Crippen molar-refractivity contribution in [1.29, 1.82) is 5.26 Å². The Labute approximate surface area is 202 Å². The molecule has 0 bridgehead atoms. The lowest BCUT2D eigenvalue weighted by molar-refractivity contribution is -0.145. The molecule has 0 radical (unpaired) electrons. The Morgan fingerprint density at radius 3 is 1.91 bits per heavy atom. The molecule has 2 aromatic rings. The summed E-state index contributed by atoms with van der Waals surface area (Å²) in [5.74, 6) is -0.520. The van der Waals surface area contributed by atoms with Crippen LogP contribution in [0.5, 0.6) is 0 Å². The van der Waals surface area contributed by atoms with Crippen molar-refractivity contribution >= 4 is 0 Å². The number of nitriles is 1. The largest absolute Gasteiger partial charge is 0.416 e. The molecule has 2 aromatic carbocycles. The molecule has 8 heteroatoms. The van der Waals surface area contributed by atoms with E-state index in [1.54, 1.807) is 0 Å². The average molecular weight is 497 g/mol. The third-order valence-corrected chi connectivity index (χ3v) is 6.87. The molecule has 1 unspecified atom stereocenters. The van der Waals surface area contributed by atoms with Crippen molar-refractivity contribution in [2.75, 3.05) is 13.1 Å². The smallest absolute Gasteiger partial charge is 0.301 e. The predicted molar refractivity (Wildman–Crippen MR) is 123 cm³/mol. The summed E-state index contributed by atoms with van der Waals surface area (Å²) in [6.45, 7) is 5.20. The van der Waals surface area contributed by atoms with Crippen LogP contribution in [0.2, 0.25) is 0 Å². The van der Waals surface area contributed by atoms with E-state index >= 15 is 0 Å². The predicted octanol–water partition coefficient (Wildman–Crippen LogP) is 7.63. The van der Waals surface area contributed by atoms with E-state index < -0.39 is 40.4 Å².